The number of nitrogens with one attached hydrogen (secondary N) is 1. The zero-order chi connectivity index (χ0) is 13.8. The van der Waals surface area contributed by atoms with Gasteiger partial charge >= 0.3 is 0 Å². The molecule has 0 fully saturated rings. The van der Waals surface area contributed by atoms with Crippen LogP contribution in [0, 0.1) is 0 Å². The summed E-state index contributed by atoms with van der Waals surface area (Å²) in [6.07, 6.45) is 1.60. The van der Waals surface area contributed by atoms with E-state index >= 15 is 0 Å². The lowest BCUT2D eigenvalue weighted by atomic mass is 10.0. The molecule has 0 saturated heterocycles. The van der Waals surface area contributed by atoms with Crippen molar-refractivity contribution in [2.24, 2.45) is 5.84 Å². The number of hydrazine groups is 1. The van der Waals surface area contributed by atoms with Gasteiger partial charge in [-0.15, -0.1) is 0 Å². The van der Waals surface area contributed by atoms with Crippen molar-refractivity contribution in [3.63, 3.8) is 0 Å². The minimum Gasteiger partial charge on any atom is -0.497 e. The van der Waals surface area contributed by atoms with E-state index in [1.807, 2.05) is 18.2 Å². The summed E-state index contributed by atoms with van der Waals surface area (Å²) in [5, 5.41) is 0. The number of benzene rings is 1. The molecule has 0 aliphatic carbocycles. The van der Waals surface area contributed by atoms with Gasteiger partial charge in [0, 0.05) is 11.6 Å². The van der Waals surface area contributed by atoms with Crippen LogP contribution in [0.3, 0.4) is 0 Å². The second-order valence-corrected chi connectivity index (χ2v) is 4.69. The predicted octanol–water partition coefficient (Wildman–Crippen LogP) is 2.61. The average molecular weight is 327 g/mol. The zero-order valence-electron chi connectivity index (χ0n) is 10.6. The van der Waals surface area contributed by atoms with Crippen molar-refractivity contribution in [3.05, 3.63) is 46.3 Å². The van der Waals surface area contributed by atoms with Crippen molar-refractivity contribution in [2.75, 3.05) is 14.2 Å². The molecular formula is C13H15BrN2O3. The molecule has 1 aromatic carbocycles. The van der Waals surface area contributed by atoms with Gasteiger partial charge in [0.25, 0.3) is 0 Å². The standard InChI is InChI=1S/C13H15BrN2O3/c1-17-8-3-4-9(11(7-8)18-2)12(16-15)13-10(14)5-6-19-13/h3-7,12,16H,15H2,1-2H3. The van der Waals surface area contributed by atoms with E-state index in [9.17, 15) is 0 Å². The molecule has 0 aliphatic heterocycles. The Kier molecular flexibility index (Phi) is 4.47. The Labute approximate surface area is 119 Å². The fraction of sp³-hybridized carbons (Fsp3) is 0.231. The number of halogens is 1. The summed E-state index contributed by atoms with van der Waals surface area (Å²) >= 11 is 3.42. The monoisotopic (exact) mass is 326 g/mol. The van der Waals surface area contributed by atoms with Crippen LogP contribution in [0.2, 0.25) is 0 Å². The number of rotatable bonds is 5. The molecule has 19 heavy (non-hydrogen) atoms. The van der Waals surface area contributed by atoms with Crippen LogP contribution in [0.5, 0.6) is 11.5 Å². The highest BCUT2D eigenvalue weighted by Crippen LogP contribution is 2.35. The molecule has 3 N–H and O–H groups in total. The topological polar surface area (TPSA) is 69.7 Å². The molecular weight excluding hydrogens is 312 g/mol. The van der Waals surface area contributed by atoms with E-state index in [0.29, 0.717) is 11.5 Å². The van der Waals surface area contributed by atoms with Gasteiger partial charge in [0.1, 0.15) is 23.3 Å². The molecule has 6 heteroatoms. The molecule has 2 rings (SSSR count). The number of furan rings is 1. The van der Waals surface area contributed by atoms with Gasteiger partial charge < -0.3 is 13.9 Å². The maximum atomic E-state index is 5.64. The molecule has 102 valence electrons. The summed E-state index contributed by atoms with van der Waals surface area (Å²) in [6, 6.07) is 7.03. The Morgan fingerprint density at radius 3 is 2.58 bits per heavy atom. The summed E-state index contributed by atoms with van der Waals surface area (Å²) in [5.41, 5.74) is 3.59. The highest BCUT2D eigenvalue weighted by Gasteiger charge is 2.22. The normalized spacial score (nSPS) is 12.2. The molecule has 5 nitrogen and oxygen atoms in total. The van der Waals surface area contributed by atoms with Gasteiger partial charge in [0.05, 0.1) is 25.0 Å². The van der Waals surface area contributed by atoms with E-state index in [4.69, 9.17) is 19.7 Å². The quantitative estimate of drug-likeness (QED) is 0.653. The molecule has 0 bridgehead atoms. The first-order valence-corrected chi connectivity index (χ1v) is 6.41. The van der Waals surface area contributed by atoms with Crippen molar-refractivity contribution in [1.82, 2.24) is 5.43 Å². The number of methoxy groups -OCH3 is 2. The average Bonchev–Trinajstić information content (AvgIpc) is 2.86. The van der Waals surface area contributed by atoms with Crippen LogP contribution in [0.25, 0.3) is 0 Å². The molecule has 0 radical (unpaired) electrons. The van der Waals surface area contributed by atoms with Crippen LogP contribution in [0.1, 0.15) is 17.4 Å². The molecule has 0 aliphatic rings. The Bertz CT molecular complexity index is 557. The Balaban J connectivity index is 2.46. The summed E-state index contributed by atoms with van der Waals surface area (Å²) in [4.78, 5) is 0. The van der Waals surface area contributed by atoms with Gasteiger partial charge in [-0.2, -0.15) is 0 Å². The lowest BCUT2D eigenvalue weighted by Crippen LogP contribution is -2.29. The largest absolute Gasteiger partial charge is 0.497 e. The van der Waals surface area contributed by atoms with Crippen LogP contribution in [0.15, 0.2) is 39.4 Å². The predicted molar refractivity (Wildman–Crippen MR) is 75.1 cm³/mol. The molecule has 1 unspecified atom stereocenters. The number of nitrogens with two attached hydrogens (primary N) is 1. The third kappa shape index (κ3) is 2.75. The van der Waals surface area contributed by atoms with E-state index < -0.39 is 0 Å². The van der Waals surface area contributed by atoms with Crippen molar-refractivity contribution >= 4 is 15.9 Å². The SMILES string of the molecule is COc1ccc(C(NN)c2occc2Br)c(OC)c1. The van der Waals surface area contributed by atoms with Crippen LogP contribution >= 0.6 is 15.9 Å². The zero-order valence-corrected chi connectivity index (χ0v) is 12.2. The van der Waals surface area contributed by atoms with Crippen LogP contribution in [-0.4, -0.2) is 14.2 Å². The Morgan fingerprint density at radius 1 is 1.26 bits per heavy atom. The number of ether oxygens (including phenoxy) is 2. The van der Waals surface area contributed by atoms with Crippen molar-refractivity contribution in [2.45, 2.75) is 6.04 Å². The lowest BCUT2D eigenvalue weighted by Gasteiger charge is -2.18. The van der Waals surface area contributed by atoms with Gasteiger partial charge in [0.15, 0.2) is 0 Å². The van der Waals surface area contributed by atoms with Gasteiger partial charge in [0.2, 0.25) is 0 Å². The highest BCUT2D eigenvalue weighted by atomic mass is 79.9. The lowest BCUT2D eigenvalue weighted by molar-refractivity contribution is 0.381. The van der Waals surface area contributed by atoms with E-state index in [2.05, 4.69) is 21.4 Å². The van der Waals surface area contributed by atoms with E-state index in [1.165, 1.54) is 0 Å². The van der Waals surface area contributed by atoms with Crippen LogP contribution in [0.4, 0.5) is 0 Å². The maximum absolute atomic E-state index is 5.64. The number of hydrogen-bond acceptors (Lipinski definition) is 5. The maximum Gasteiger partial charge on any atom is 0.140 e. The second kappa shape index (κ2) is 6.10. The summed E-state index contributed by atoms with van der Waals surface area (Å²) in [5.74, 6) is 7.72. The van der Waals surface area contributed by atoms with Crippen LogP contribution in [-0.2, 0) is 0 Å². The van der Waals surface area contributed by atoms with Gasteiger partial charge in [-0.05, 0) is 34.1 Å². The molecule has 2 aromatic rings. The van der Waals surface area contributed by atoms with E-state index in [-0.39, 0.29) is 6.04 Å². The summed E-state index contributed by atoms with van der Waals surface area (Å²) < 4.78 is 16.8. The van der Waals surface area contributed by atoms with Gasteiger partial charge in [-0.3, -0.25) is 5.84 Å². The van der Waals surface area contributed by atoms with Gasteiger partial charge in [-0.25, -0.2) is 5.43 Å². The first-order valence-electron chi connectivity index (χ1n) is 5.62. The molecule has 0 amide bonds. The summed E-state index contributed by atoms with van der Waals surface area (Å²) in [7, 11) is 3.21. The van der Waals surface area contributed by atoms with Crippen molar-refractivity contribution < 1.29 is 13.9 Å². The molecule has 1 aromatic heterocycles. The van der Waals surface area contributed by atoms with Crippen LogP contribution < -0.4 is 20.7 Å². The van der Waals surface area contributed by atoms with Crippen molar-refractivity contribution in [3.8, 4) is 11.5 Å². The smallest absolute Gasteiger partial charge is 0.140 e. The van der Waals surface area contributed by atoms with Gasteiger partial charge in [-0.1, -0.05) is 0 Å². The highest BCUT2D eigenvalue weighted by molar-refractivity contribution is 9.10. The first-order chi connectivity index (χ1) is 9.21. The van der Waals surface area contributed by atoms with Crippen molar-refractivity contribution in [1.29, 1.82) is 0 Å². The fourth-order valence-electron chi connectivity index (χ4n) is 1.88. The van der Waals surface area contributed by atoms with E-state index in [0.717, 1.165) is 15.8 Å². The van der Waals surface area contributed by atoms with E-state index in [1.54, 1.807) is 26.5 Å². The third-order valence-electron chi connectivity index (χ3n) is 2.83. The summed E-state index contributed by atoms with van der Waals surface area (Å²) in [6.45, 7) is 0. The Morgan fingerprint density at radius 2 is 2.05 bits per heavy atom. The molecule has 1 heterocycles. The first kappa shape index (κ1) is 13.9. The molecule has 0 saturated carbocycles. The second-order valence-electron chi connectivity index (χ2n) is 3.84. The minimum atomic E-state index is -0.315. The minimum absolute atomic E-state index is 0.315. The third-order valence-corrected chi connectivity index (χ3v) is 3.48. The Hall–Kier alpha value is -1.50. The number of hydrogen-bond donors (Lipinski definition) is 2. The molecule has 0 spiro atoms. The molecule has 1 atom stereocenters. The fourth-order valence-corrected chi connectivity index (χ4v) is 2.31.